The van der Waals surface area contributed by atoms with Crippen LogP contribution in [0.4, 0.5) is 5.69 Å². The molecule has 13 heavy (non-hydrogen) atoms. The van der Waals surface area contributed by atoms with Gasteiger partial charge in [0.2, 0.25) is 5.91 Å². The molecule has 1 amide bonds. The minimum Gasteiger partial charge on any atom is -0.323 e. The number of hydrogen-bond acceptors (Lipinski definition) is 2. The minimum absolute atomic E-state index is 0.0988. The first-order chi connectivity index (χ1) is 6.15. The normalized spacial score (nSPS) is 9.77. The third-order valence-corrected chi connectivity index (χ3v) is 2.31. The third-order valence-electron chi connectivity index (χ3n) is 1.38. The molecule has 0 aliphatic carbocycles. The van der Waals surface area contributed by atoms with Crippen molar-refractivity contribution >= 4 is 47.4 Å². The van der Waals surface area contributed by atoms with Crippen LogP contribution >= 0.6 is 35.8 Å². The van der Waals surface area contributed by atoms with Gasteiger partial charge in [0.05, 0.1) is 10.7 Å². The SMILES string of the molecule is O=C(CCl)Nc1c(S)cccc1Cl. The van der Waals surface area contributed by atoms with Crippen LogP contribution in [0.2, 0.25) is 5.02 Å². The fraction of sp³-hybridized carbons (Fsp3) is 0.125. The molecular weight excluding hydrogens is 229 g/mol. The number of carbonyl (C=O) groups excluding carboxylic acids is 1. The number of thiol groups is 1. The van der Waals surface area contributed by atoms with Crippen molar-refractivity contribution in [2.24, 2.45) is 0 Å². The molecule has 0 spiro atoms. The van der Waals surface area contributed by atoms with Crippen LogP contribution < -0.4 is 5.32 Å². The monoisotopic (exact) mass is 235 g/mol. The second-order valence-corrected chi connectivity index (χ2v) is 3.47. The Hall–Kier alpha value is -0.380. The van der Waals surface area contributed by atoms with E-state index in [-0.39, 0.29) is 11.8 Å². The van der Waals surface area contributed by atoms with Crippen molar-refractivity contribution < 1.29 is 4.79 Å². The van der Waals surface area contributed by atoms with Gasteiger partial charge >= 0.3 is 0 Å². The number of nitrogens with one attached hydrogen (secondary N) is 1. The van der Waals surface area contributed by atoms with Gasteiger partial charge in [-0.15, -0.1) is 24.2 Å². The smallest absolute Gasteiger partial charge is 0.239 e. The Morgan fingerprint density at radius 2 is 2.23 bits per heavy atom. The quantitative estimate of drug-likeness (QED) is 0.600. The molecule has 1 aromatic carbocycles. The summed E-state index contributed by atoms with van der Waals surface area (Å²) in [4.78, 5) is 11.6. The Bertz CT molecular complexity index is 310. The summed E-state index contributed by atoms with van der Waals surface area (Å²) >= 11 is 15.3. The number of alkyl halides is 1. The lowest BCUT2D eigenvalue weighted by molar-refractivity contribution is -0.113. The van der Waals surface area contributed by atoms with E-state index in [1.165, 1.54) is 0 Å². The van der Waals surface area contributed by atoms with Crippen molar-refractivity contribution in [2.75, 3.05) is 11.2 Å². The third kappa shape index (κ3) is 2.79. The van der Waals surface area contributed by atoms with Gasteiger partial charge in [-0.1, -0.05) is 17.7 Å². The largest absolute Gasteiger partial charge is 0.323 e. The van der Waals surface area contributed by atoms with Crippen LogP contribution in [-0.4, -0.2) is 11.8 Å². The molecule has 0 bridgehead atoms. The second-order valence-electron chi connectivity index (χ2n) is 2.32. The highest BCUT2D eigenvalue weighted by Gasteiger charge is 2.06. The van der Waals surface area contributed by atoms with Gasteiger partial charge in [-0.25, -0.2) is 0 Å². The Balaban J connectivity index is 2.93. The van der Waals surface area contributed by atoms with Crippen molar-refractivity contribution in [2.45, 2.75) is 4.90 Å². The molecule has 0 unspecified atom stereocenters. The van der Waals surface area contributed by atoms with Gasteiger partial charge in [0.15, 0.2) is 0 Å². The Morgan fingerprint density at radius 1 is 1.54 bits per heavy atom. The van der Waals surface area contributed by atoms with E-state index < -0.39 is 0 Å². The number of amides is 1. The van der Waals surface area contributed by atoms with Crippen LogP contribution in [0.1, 0.15) is 0 Å². The van der Waals surface area contributed by atoms with E-state index in [2.05, 4.69) is 17.9 Å². The number of halogens is 2. The lowest BCUT2D eigenvalue weighted by atomic mass is 10.3. The van der Waals surface area contributed by atoms with Gasteiger partial charge in [0.1, 0.15) is 5.88 Å². The molecule has 0 heterocycles. The van der Waals surface area contributed by atoms with E-state index in [4.69, 9.17) is 23.2 Å². The van der Waals surface area contributed by atoms with Crippen molar-refractivity contribution in [3.63, 3.8) is 0 Å². The van der Waals surface area contributed by atoms with E-state index >= 15 is 0 Å². The fourth-order valence-electron chi connectivity index (χ4n) is 0.809. The predicted molar refractivity (Wildman–Crippen MR) is 58.1 cm³/mol. The molecule has 0 aliphatic rings. The molecular formula is C8H7Cl2NOS. The summed E-state index contributed by atoms with van der Waals surface area (Å²) in [6.07, 6.45) is 0. The van der Waals surface area contributed by atoms with E-state index in [0.29, 0.717) is 15.6 Å². The van der Waals surface area contributed by atoms with Gasteiger partial charge in [0, 0.05) is 4.90 Å². The zero-order valence-corrected chi connectivity index (χ0v) is 8.96. The first-order valence-corrected chi connectivity index (χ1v) is 4.84. The molecule has 70 valence electrons. The van der Waals surface area contributed by atoms with E-state index in [9.17, 15) is 4.79 Å². The molecule has 0 saturated heterocycles. The van der Waals surface area contributed by atoms with Crippen molar-refractivity contribution in [3.05, 3.63) is 23.2 Å². The Labute approximate surface area is 91.6 Å². The highest BCUT2D eigenvalue weighted by molar-refractivity contribution is 7.80. The Kier molecular flexibility index (Phi) is 3.90. The molecule has 0 fully saturated rings. The average Bonchev–Trinajstić information content (AvgIpc) is 2.11. The molecule has 2 nitrogen and oxygen atoms in total. The molecule has 0 radical (unpaired) electrons. The molecule has 0 saturated carbocycles. The number of para-hydroxylation sites is 1. The standard InChI is InChI=1S/C8H7Cl2NOS/c9-4-7(12)11-8-5(10)2-1-3-6(8)13/h1-3,13H,4H2,(H,11,12). The Morgan fingerprint density at radius 3 is 2.77 bits per heavy atom. The van der Waals surface area contributed by atoms with Gasteiger partial charge < -0.3 is 5.32 Å². The topological polar surface area (TPSA) is 29.1 Å². The second kappa shape index (κ2) is 4.74. The summed E-state index contributed by atoms with van der Waals surface area (Å²) < 4.78 is 0. The molecule has 1 N–H and O–H groups in total. The van der Waals surface area contributed by atoms with Gasteiger partial charge in [0.25, 0.3) is 0 Å². The first kappa shape index (κ1) is 10.7. The van der Waals surface area contributed by atoms with Crippen molar-refractivity contribution in [3.8, 4) is 0 Å². The zero-order valence-electron chi connectivity index (χ0n) is 6.55. The maximum Gasteiger partial charge on any atom is 0.239 e. The summed E-state index contributed by atoms with van der Waals surface area (Å²) in [7, 11) is 0. The highest BCUT2D eigenvalue weighted by atomic mass is 35.5. The highest BCUT2D eigenvalue weighted by Crippen LogP contribution is 2.28. The van der Waals surface area contributed by atoms with Gasteiger partial charge in [-0.2, -0.15) is 0 Å². The molecule has 1 rings (SSSR count). The van der Waals surface area contributed by atoms with Crippen molar-refractivity contribution in [1.29, 1.82) is 0 Å². The maximum absolute atomic E-state index is 11.0. The summed E-state index contributed by atoms with van der Waals surface area (Å²) in [6, 6.07) is 5.16. The van der Waals surface area contributed by atoms with Crippen LogP contribution in [-0.2, 0) is 4.79 Å². The molecule has 0 aromatic heterocycles. The average molecular weight is 236 g/mol. The van der Waals surface area contributed by atoms with E-state index in [0.717, 1.165) is 0 Å². The lowest BCUT2D eigenvalue weighted by Crippen LogP contribution is -2.13. The minimum atomic E-state index is -0.301. The fourth-order valence-corrected chi connectivity index (χ4v) is 1.43. The maximum atomic E-state index is 11.0. The lowest BCUT2D eigenvalue weighted by Gasteiger charge is -2.07. The summed E-state index contributed by atoms with van der Waals surface area (Å²) in [5, 5.41) is 3.00. The van der Waals surface area contributed by atoms with Crippen LogP contribution in [0, 0.1) is 0 Å². The summed E-state index contributed by atoms with van der Waals surface area (Å²) in [5.41, 5.74) is 0.498. The van der Waals surface area contributed by atoms with Crippen LogP contribution in [0.3, 0.4) is 0 Å². The number of hydrogen-bond donors (Lipinski definition) is 2. The molecule has 0 atom stereocenters. The van der Waals surface area contributed by atoms with Gasteiger partial charge in [-0.05, 0) is 12.1 Å². The van der Waals surface area contributed by atoms with Crippen LogP contribution in [0.25, 0.3) is 0 Å². The van der Waals surface area contributed by atoms with Crippen LogP contribution in [0.5, 0.6) is 0 Å². The summed E-state index contributed by atoms with van der Waals surface area (Å²) in [5.74, 6) is -0.400. The van der Waals surface area contributed by atoms with Crippen LogP contribution in [0.15, 0.2) is 23.1 Å². The number of anilines is 1. The molecule has 0 aliphatic heterocycles. The number of rotatable bonds is 2. The first-order valence-electron chi connectivity index (χ1n) is 3.48. The zero-order chi connectivity index (χ0) is 9.84. The molecule has 5 heteroatoms. The van der Waals surface area contributed by atoms with E-state index in [1.807, 2.05) is 0 Å². The number of benzene rings is 1. The number of carbonyl (C=O) groups is 1. The van der Waals surface area contributed by atoms with E-state index in [1.54, 1.807) is 18.2 Å². The van der Waals surface area contributed by atoms with Crippen molar-refractivity contribution in [1.82, 2.24) is 0 Å². The predicted octanol–water partition coefficient (Wildman–Crippen LogP) is 2.81. The summed E-state index contributed by atoms with van der Waals surface area (Å²) in [6.45, 7) is 0. The van der Waals surface area contributed by atoms with Gasteiger partial charge in [-0.3, -0.25) is 4.79 Å². The molecule has 1 aromatic rings.